The molecule has 1 heteroatoms. The summed E-state index contributed by atoms with van der Waals surface area (Å²) in [7, 11) is 0. The topological polar surface area (TPSA) is 20.2 Å². The first-order valence-electron chi connectivity index (χ1n) is 5.02. The molecular weight excluding hydrogens is 136 g/mol. The van der Waals surface area contributed by atoms with Gasteiger partial charge in [-0.25, -0.2) is 0 Å². The Labute approximate surface area is 65.8 Å². The van der Waals surface area contributed by atoms with Gasteiger partial charge in [-0.3, -0.25) is 0 Å². The van der Waals surface area contributed by atoms with E-state index in [1.54, 1.807) is 6.42 Å². The fourth-order valence-electron chi connectivity index (χ4n) is 6.45. The van der Waals surface area contributed by atoms with E-state index in [0.717, 1.165) is 41.4 Å². The van der Waals surface area contributed by atoms with E-state index in [0.29, 0.717) is 12.0 Å². The highest BCUT2D eigenvalue weighted by molar-refractivity contribution is 5.43. The molecule has 0 unspecified atom stereocenters. The van der Waals surface area contributed by atoms with E-state index in [4.69, 9.17) is 0 Å². The van der Waals surface area contributed by atoms with E-state index < -0.39 is 0 Å². The third-order valence-electron chi connectivity index (χ3n) is 6.25. The van der Waals surface area contributed by atoms with Gasteiger partial charge < -0.3 is 5.11 Å². The van der Waals surface area contributed by atoms with Gasteiger partial charge in [0.05, 0.1) is 0 Å². The molecule has 0 heterocycles. The van der Waals surface area contributed by atoms with Crippen LogP contribution in [0.2, 0.25) is 0 Å². The Morgan fingerprint density at radius 1 is 1.09 bits per heavy atom. The zero-order valence-corrected chi connectivity index (χ0v) is 6.40. The van der Waals surface area contributed by atoms with Crippen molar-refractivity contribution >= 4 is 0 Å². The van der Waals surface area contributed by atoms with E-state index >= 15 is 0 Å². The SMILES string of the molecule is OCC12C3[C@@H]4C5CC([C@H]41)[C@@H]2[C@@H]53. The first-order chi connectivity index (χ1) is 5.41. The summed E-state index contributed by atoms with van der Waals surface area (Å²) in [5, 5.41) is 9.34. The van der Waals surface area contributed by atoms with Crippen LogP contribution in [0, 0.1) is 46.8 Å². The Balaban J connectivity index is 1.79. The number of hydrogen-bond acceptors (Lipinski definition) is 1. The normalized spacial score (nSPS) is 89.7. The summed E-state index contributed by atoms with van der Waals surface area (Å²) < 4.78 is 0. The van der Waals surface area contributed by atoms with Gasteiger partial charge in [0.1, 0.15) is 0 Å². The minimum Gasteiger partial charge on any atom is -0.396 e. The molecule has 0 aromatic rings. The van der Waals surface area contributed by atoms with Gasteiger partial charge in [-0.1, -0.05) is 0 Å². The number of aliphatic hydroxyl groups is 1. The van der Waals surface area contributed by atoms with E-state index in [1.807, 2.05) is 0 Å². The van der Waals surface area contributed by atoms with Crippen molar-refractivity contribution in [1.29, 1.82) is 0 Å². The predicted molar refractivity (Wildman–Crippen MR) is 38.6 cm³/mol. The molecule has 6 aliphatic rings. The molecular formula is C10H12O. The molecule has 6 aliphatic carbocycles. The van der Waals surface area contributed by atoms with E-state index in [1.165, 1.54) is 0 Å². The average molecular weight is 148 g/mol. The summed E-state index contributed by atoms with van der Waals surface area (Å²) in [5.74, 6) is 7.60. The van der Waals surface area contributed by atoms with E-state index in [-0.39, 0.29) is 0 Å². The molecule has 0 aromatic carbocycles. The van der Waals surface area contributed by atoms with Crippen molar-refractivity contribution in [1.82, 2.24) is 0 Å². The van der Waals surface area contributed by atoms with Crippen molar-refractivity contribution in [3.63, 3.8) is 0 Å². The maximum absolute atomic E-state index is 9.34. The lowest BCUT2D eigenvalue weighted by molar-refractivity contribution is -0.455. The van der Waals surface area contributed by atoms with Crippen molar-refractivity contribution in [2.24, 2.45) is 46.8 Å². The molecule has 0 amide bonds. The highest BCUT2D eigenvalue weighted by Crippen LogP contribution is 2.99. The van der Waals surface area contributed by atoms with E-state index in [9.17, 15) is 5.11 Å². The van der Waals surface area contributed by atoms with Gasteiger partial charge in [0.2, 0.25) is 0 Å². The molecule has 11 heavy (non-hydrogen) atoms. The number of hydrogen-bond donors (Lipinski definition) is 1. The summed E-state index contributed by atoms with van der Waals surface area (Å²) in [5.41, 5.74) is 0.549. The van der Waals surface area contributed by atoms with E-state index in [2.05, 4.69) is 0 Å². The highest BCUT2D eigenvalue weighted by atomic mass is 16.3. The maximum atomic E-state index is 9.34. The second-order valence-electron chi connectivity index (χ2n) is 5.57. The molecule has 58 valence electrons. The number of rotatable bonds is 1. The summed E-state index contributed by atoms with van der Waals surface area (Å²) in [6.45, 7) is 0.531. The van der Waals surface area contributed by atoms with Crippen LogP contribution >= 0.6 is 0 Å². The monoisotopic (exact) mass is 148 g/mol. The Kier molecular flexibility index (Phi) is 0.421. The van der Waals surface area contributed by atoms with Crippen LogP contribution in [0.25, 0.3) is 0 Å². The fraction of sp³-hybridized carbons (Fsp3) is 1.00. The largest absolute Gasteiger partial charge is 0.396 e. The molecule has 1 N–H and O–H groups in total. The van der Waals surface area contributed by atoms with Crippen LogP contribution in [-0.2, 0) is 0 Å². The molecule has 4 atom stereocenters. The van der Waals surface area contributed by atoms with Gasteiger partial charge in [0.15, 0.2) is 0 Å². The lowest BCUT2D eigenvalue weighted by Gasteiger charge is -2.91. The van der Waals surface area contributed by atoms with Gasteiger partial charge in [-0.2, -0.15) is 0 Å². The molecule has 6 rings (SSSR count). The van der Waals surface area contributed by atoms with Crippen LogP contribution in [0.15, 0.2) is 0 Å². The van der Waals surface area contributed by atoms with Gasteiger partial charge in [0, 0.05) is 12.0 Å². The van der Waals surface area contributed by atoms with Crippen molar-refractivity contribution in [2.75, 3.05) is 6.61 Å². The van der Waals surface area contributed by atoms with Crippen LogP contribution in [0.1, 0.15) is 6.42 Å². The minimum absolute atomic E-state index is 0.531. The van der Waals surface area contributed by atoms with Crippen molar-refractivity contribution in [3.8, 4) is 0 Å². The summed E-state index contributed by atoms with van der Waals surface area (Å²) >= 11 is 0. The Morgan fingerprint density at radius 3 is 2.36 bits per heavy atom. The van der Waals surface area contributed by atoms with Gasteiger partial charge in [0.25, 0.3) is 0 Å². The van der Waals surface area contributed by atoms with Crippen molar-refractivity contribution in [2.45, 2.75) is 6.42 Å². The Bertz CT molecular complexity index is 261. The smallest absolute Gasteiger partial charge is 0.0496 e. The van der Waals surface area contributed by atoms with Gasteiger partial charge in [-0.15, -0.1) is 0 Å². The molecule has 0 aliphatic heterocycles. The molecule has 0 aromatic heterocycles. The predicted octanol–water partition coefficient (Wildman–Crippen LogP) is 0.737. The zero-order chi connectivity index (χ0) is 6.96. The molecule has 1 nitrogen and oxygen atoms in total. The van der Waals surface area contributed by atoms with Gasteiger partial charge >= 0.3 is 0 Å². The summed E-state index contributed by atoms with van der Waals surface area (Å²) in [6.07, 6.45) is 1.56. The molecule has 2 bridgehead atoms. The molecule has 6 fully saturated rings. The zero-order valence-electron chi connectivity index (χ0n) is 6.40. The lowest BCUT2D eigenvalue weighted by atomic mass is 9.13. The number of aliphatic hydroxyl groups excluding tert-OH is 1. The maximum Gasteiger partial charge on any atom is 0.0496 e. The molecule has 0 radical (unpaired) electrons. The first-order valence-corrected chi connectivity index (χ1v) is 5.02. The molecule has 6 saturated carbocycles. The molecule has 0 spiro atoms. The third kappa shape index (κ3) is 0.195. The molecule has 0 saturated heterocycles. The minimum atomic E-state index is 0.531. The summed E-state index contributed by atoms with van der Waals surface area (Å²) in [6, 6.07) is 0. The highest BCUT2D eigenvalue weighted by Gasteiger charge is 2.97. The van der Waals surface area contributed by atoms with Crippen molar-refractivity contribution in [3.05, 3.63) is 0 Å². The lowest BCUT2D eigenvalue weighted by Crippen LogP contribution is -2.89. The third-order valence-corrected chi connectivity index (χ3v) is 6.25. The Hall–Kier alpha value is -0.0400. The van der Waals surface area contributed by atoms with Crippen LogP contribution in [0.3, 0.4) is 0 Å². The Morgan fingerprint density at radius 2 is 1.82 bits per heavy atom. The fourth-order valence-corrected chi connectivity index (χ4v) is 6.45. The van der Waals surface area contributed by atoms with Gasteiger partial charge in [-0.05, 0) is 47.8 Å². The standard InChI is InChI=1S/C10H12O/c11-2-10-7-4-1-3-5(7)9(10)6(3)8(4)10/h3-9,11H,1-2H2/t3?,4?,5-,6-,7-,8-,9?,10?/m1/s1. The van der Waals surface area contributed by atoms with Crippen LogP contribution in [0.5, 0.6) is 0 Å². The quantitative estimate of drug-likeness (QED) is 0.581. The van der Waals surface area contributed by atoms with Crippen LogP contribution < -0.4 is 0 Å². The first kappa shape index (κ1) is 4.86. The second-order valence-corrected chi connectivity index (χ2v) is 5.57. The second kappa shape index (κ2) is 0.953. The average Bonchev–Trinajstić information content (AvgIpc) is 2.27. The van der Waals surface area contributed by atoms with Crippen LogP contribution in [-0.4, -0.2) is 11.7 Å². The van der Waals surface area contributed by atoms with Crippen LogP contribution in [0.4, 0.5) is 0 Å². The van der Waals surface area contributed by atoms with Crippen molar-refractivity contribution < 1.29 is 5.11 Å². The summed E-state index contributed by atoms with van der Waals surface area (Å²) in [4.78, 5) is 0.